The van der Waals surface area contributed by atoms with Crippen molar-refractivity contribution in [3.8, 4) is 0 Å². The van der Waals surface area contributed by atoms with Crippen molar-refractivity contribution in [2.24, 2.45) is 0 Å². The normalized spacial score (nSPS) is 10.8. The van der Waals surface area contributed by atoms with Gasteiger partial charge in [-0.05, 0) is 43.3 Å². The van der Waals surface area contributed by atoms with Gasteiger partial charge in [0.1, 0.15) is 5.76 Å². The number of oxazole rings is 1. The molecule has 17 heavy (non-hydrogen) atoms. The highest BCUT2D eigenvalue weighted by Gasteiger charge is 2.10. The number of benzene rings is 1. The Morgan fingerprint density at radius 2 is 2.18 bits per heavy atom. The number of nitrogens with zero attached hydrogens (tertiary/aromatic N) is 1. The Kier molecular flexibility index (Phi) is 3.91. The van der Waals surface area contributed by atoms with Gasteiger partial charge in [0.15, 0.2) is 0 Å². The number of hydrogen-bond acceptors (Lipinski definition) is 4. The van der Waals surface area contributed by atoms with Crippen molar-refractivity contribution in [2.75, 3.05) is 0 Å². The molecule has 90 valence electrons. The zero-order valence-corrected chi connectivity index (χ0v) is 11.9. The zero-order valence-electron chi connectivity index (χ0n) is 9.53. The van der Waals surface area contributed by atoms with Gasteiger partial charge >= 0.3 is 0 Å². The van der Waals surface area contributed by atoms with Crippen LogP contribution in [0, 0.1) is 13.8 Å². The maximum atomic E-state index is 9.27. The molecule has 2 rings (SSSR count). The minimum Gasteiger partial charge on any atom is -0.436 e. The summed E-state index contributed by atoms with van der Waals surface area (Å²) >= 11 is 4.83. The van der Waals surface area contributed by atoms with Crippen LogP contribution in [0.15, 0.2) is 37.2 Å². The largest absolute Gasteiger partial charge is 0.436 e. The second-order valence-electron chi connectivity index (χ2n) is 3.63. The summed E-state index contributed by atoms with van der Waals surface area (Å²) in [4.78, 5) is 5.26. The van der Waals surface area contributed by atoms with E-state index in [1.165, 1.54) is 11.8 Å². The van der Waals surface area contributed by atoms with E-state index in [0.717, 1.165) is 26.4 Å². The molecular formula is C12H12BrNO2S. The maximum Gasteiger partial charge on any atom is 0.261 e. The predicted molar refractivity (Wildman–Crippen MR) is 70.2 cm³/mol. The van der Waals surface area contributed by atoms with Gasteiger partial charge < -0.3 is 9.52 Å². The quantitative estimate of drug-likeness (QED) is 0.938. The van der Waals surface area contributed by atoms with E-state index in [0.29, 0.717) is 5.22 Å². The van der Waals surface area contributed by atoms with Gasteiger partial charge in [-0.3, -0.25) is 0 Å². The van der Waals surface area contributed by atoms with Gasteiger partial charge in [0.05, 0.1) is 12.3 Å². The molecule has 2 aromatic rings. The fourth-order valence-electron chi connectivity index (χ4n) is 1.34. The molecule has 0 aliphatic carbocycles. The molecule has 0 bridgehead atoms. The van der Waals surface area contributed by atoms with Crippen molar-refractivity contribution < 1.29 is 9.52 Å². The van der Waals surface area contributed by atoms with Crippen molar-refractivity contribution in [1.29, 1.82) is 0 Å². The molecule has 0 aliphatic rings. The number of hydrogen-bond donors (Lipinski definition) is 1. The number of aryl methyl sites for hydroxylation is 2. The molecule has 1 heterocycles. The lowest BCUT2D eigenvalue weighted by atomic mass is 10.2. The standard InChI is InChI=1S/C12H12BrNO2S/c1-7-8(2)16-12(14-7)17-11-5-10(13)4-3-9(11)6-15/h3-5,15H,6H2,1-2H3. The molecule has 1 N–H and O–H groups in total. The lowest BCUT2D eigenvalue weighted by Gasteiger charge is -2.04. The van der Waals surface area contributed by atoms with Crippen molar-refractivity contribution in [1.82, 2.24) is 4.98 Å². The lowest BCUT2D eigenvalue weighted by molar-refractivity contribution is 0.279. The first-order chi connectivity index (χ1) is 8.10. The van der Waals surface area contributed by atoms with Crippen LogP contribution in [0.25, 0.3) is 0 Å². The van der Waals surface area contributed by atoms with Gasteiger partial charge in [-0.15, -0.1) is 0 Å². The summed E-state index contributed by atoms with van der Waals surface area (Å²) in [5.74, 6) is 0.827. The van der Waals surface area contributed by atoms with E-state index in [-0.39, 0.29) is 6.61 Å². The number of aromatic nitrogens is 1. The minimum absolute atomic E-state index is 0.00822. The third kappa shape index (κ3) is 2.91. The van der Waals surface area contributed by atoms with Gasteiger partial charge in [-0.25, -0.2) is 4.98 Å². The molecule has 0 radical (unpaired) electrons. The van der Waals surface area contributed by atoms with Gasteiger partial charge in [-0.2, -0.15) is 0 Å². The topological polar surface area (TPSA) is 46.3 Å². The van der Waals surface area contributed by atoms with E-state index in [4.69, 9.17) is 4.42 Å². The summed E-state index contributed by atoms with van der Waals surface area (Å²) < 4.78 is 6.48. The average Bonchev–Trinajstić information content (AvgIpc) is 2.58. The van der Waals surface area contributed by atoms with Crippen molar-refractivity contribution in [2.45, 2.75) is 30.6 Å². The van der Waals surface area contributed by atoms with Crippen LogP contribution in [0.5, 0.6) is 0 Å². The van der Waals surface area contributed by atoms with E-state index in [1.807, 2.05) is 32.0 Å². The molecule has 1 aromatic heterocycles. The van der Waals surface area contributed by atoms with Crippen molar-refractivity contribution in [3.05, 3.63) is 39.7 Å². The summed E-state index contributed by atoms with van der Waals surface area (Å²) in [6, 6.07) is 5.74. The Morgan fingerprint density at radius 1 is 1.41 bits per heavy atom. The molecule has 0 saturated carbocycles. The Balaban J connectivity index is 2.31. The van der Waals surface area contributed by atoms with E-state index in [1.54, 1.807) is 0 Å². The number of aliphatic hydroxyl groups is 1. The molecule has 0 atom stereocenters. The van der Waals surface area contributed by atoms with Crippen molar-refractivity contribution >= 4 is 27.7 Å². The van der Waals surface area contributed by atoms with Gasteiger partial charge in [0.2, 0.25) is 0 Å². The van der Waals surface area contributed by atoms with Crippen LogP contribution >= 0.6 is 27.7 Å². The lowest BCUT2D eigenvalue weighted by Crippen LogP contribution is -1.87. The van der Waals surface area contributed by atoms with Crippen LogP contribution < -0.4 is 0 Å². The van der Waals surface area contributed by atoms with Crippen LogP contribution in [0.2, 0.25) is 0 Å². The molecular weight excluding hydrogens is 302 g/mol. The van der Waals surface area contributed by atoms with Crippen LogP contribution in [-0.2, 0) is 6.61 Å². The summed E-state index contributed by atoms with van der Waals surface area (Å²) in [5, 5.41) is 9.87. The summed E-state index contributed by atoms with van der Waals surface area (Å²) in [7, 11) is 0. The second-order valence-corrected chi connectivity index (χ2v) is 5.54. The Morgan fingerprint density at radius 3 is 2.76 bits per heavy atom. The molecule has 0 saturated heterocycles. The fraction of sp³-hybridized carbons (Fsp3) is 0.250. The van der Waals surface area contributed by atoms with Crippen LogP contribution in [-0.4, -0.2) is 10.1 Å². The molecule has 0 unspecified atom stereocenters. The monoisotopic (exact) mass is 313 g/mol. The highest BCUT2D eigenvalue weighted by Crippen LogP contribution is 2.32. The number of aliphatic hydroxyl groups excluding tert-OH is 1. The third-order valence-electron chi connectivity index (χ3n) is 2.41. The molecule has 5 heteroatoms. The van der Waals surface area contributed by atoms with Gasteiger partial charge in [0.25, 0.3) is 5.22 Å². The smallest absolute Gasteiger partial charge is 0.261 e. The van der Waals surface area contributed by atoms with Gasteiger partial charge in [0, 0.05) is 9.37 Å². The SMILES string of the molecule is Cc1nc(Sc2cc(Br)ccc2CO)oc1C. The van der Waals surface area contributed by atoms with Crippen molar-refractivity contribution in [3.63, 3.8) is 0 Å². The minimum atomic E-state index is 0.00822. The summed E-state index contributed by atoms with van der Waals surface area (Å²) in [6.07, 6.45) is 0. The van der Waals surface area contributed by atoms with E-state index in [9.17, 15) is 5.11 Å². The first-order valence-corrected chi connectivity index (χ1v) is 6.72. The van der Waals surface area contributed by atoms with E-state index < -0.39 is 0 Å². The number of halogens is 1. The Labute approximate surface area is 112 Å². The van der Waals surface area contributed by atoms with E-state index in [2.05, 4.69) is 20.9 Å². The summed E-state index contributed by atoms with van der Waals surface area (Å²) in [6.45, 7) is 3.81. The molecule has 0 spiro atoms. The number of rotatable bonds is 3. The first kappa shape index (κ1) is 12.7. The zero-order chi connectivity index (χ0) is 12.4. The maximum absolute atomic E-state index is 9.27. The summed E-state index contributed by atoms with van der Waals surface area (Å²) in [5.41, 5.74) is 1.76. The average molecular weight is 314 g/mol. The van der Waals surface area contributed by atoms with Gasteiger partial charge in [-0.1, -0.05) is 22.0 Å². The third-order valence-corrected chi connectivity index (χ3v) is 3.85. The second kappa shape index (κ2) is 5.25. The highest BCUT2D eigenvalue weighted by atomic mass is 79.9. The highest BCUT2D eigenvalue weighted by molar-refractivity contribution is 9.10. The first-order valence-electron chi connectivity index (χ1n) is 5.11. The molecule has 3 nitrogen and oxygen atoms in total. The Bertz CT molecular complexity index is 520. The molecule has 0 aliphatic heterocycles. The molecule has 0 amide bonds. The van der Waals surface area contributed by atoms with E-state index >= 15 is 0 Å². The molecule has 1 aromatic carbocycles. The predicted octanol–water partition coefficient (Wildman–Crippen LogP) is 3.70. The Hall–Kier alpha value is -0.780. The van der Waals surface area contributed by atoms with Crippen LogP contribution in [0.1, 0.15) is 17.0 Å². The van der Waals surface area contributed by atoms with Crippen LogP contribution in [0.4, 0.5) is 0 Å². The fourth-order valence-corrected chi connectivity index (χ4v) is 2.83. The van der Waals surface area contributed by atoms with Crippen LogP contribution in [0.3, 0.4) is 0 Å². The molecule has 0 fully saturated rings.